The highest BCUT2D eigenvalue weighted by Gasteiger charge is 2.26. The van der Waals surface area contributed by atoms with Gasteiger partial charge in [-0.25, -0.2) is 0 Å². The van der Waals surface area contributed by atoms with Gasteiger partial charge < -0.3 is 15.1 Å². The van der Waals surface area contributed by atoms with Crippen LogP contribution in [0.1, 0.15) is 46.4 Å². The molecule has 7 heteroatoms. The van der Waals surface area contributed by atoms with E-state index in [-0.39, 0.29) is 17.9 Å². The summed E-state index contributed by atoms with van der Waals surface area (Å²) < 4.78 is 0. The summed E-state index contributed by atoms with van der Waals surface area (Å²) in [6.45, 7) is 6.74. The van der Waals surface area contributed by atoms with Crippen LogP contribution >= 0.6 is 22.9 Å². The summed E-state index contributed by atoms with van der Waals surface area (Å²) in [5.74, 6) is 0.0347. The van der Waals surface area contributed by atoms with Crippen molar-refractivity contribution in [3.8, 4) is 0 Å². The van der Waals surface area contributed by atoms with E-state index in [1.807, 2.05) is 59.6 Å². The number of rotatable bonds is 8. The maximum Gasteiger partial charge on any atom is 0.264 e. The Morgan fingerprint density at radius 2 is 1.76 bits per heavy atom. The Morgan fingerprint density at radius 3 is 2.36 bits per heavy atom. The smallest absolute Gasteiger partial charge is 0.264 e. The third-order valence-corrected chi connectivity index (χ3v) is 6.92. The molecule has 0 saturated heterocycles. The van der Waals surface area contributed by atoms with Crippen LogP contribution in [0.2, 0.25) is 5.02 Å². The van der Waals surface area contributed by atoms with Crippen LogP contribution in [0, 0.1) is 5.92 Å². The van der Waals surface area contributed by atoms with Crippen molar-refractivity contribution in [3.63, 3.8) is 0 Å². The molecule has 0 saturated carbocycles. The van der Waals surface area contributed by atoms with Gasteiger partial charge in [0.15, 0.2) is 0 Å². The summed E-state index contributed by atoms with van der Waals surface area (Å²) in [4.78, 5) is 30.8. The molecule has 0 aliphatic rings. The van der Waals surface area contributed by atoms with Gasteiger partial charge in [0, 0.05) is 38.1 Å². The molecule has 0 spiro atoms. The highest BCUT2D eigenvalue weighted by molar-refractivity contribution is 7.12. The van der Waals surface area contributed by atoms with E-state index in [0.29, 0.717) is 28.7 Å². The number of halogens is 1. The predicted octanol–water partition coefficient (Wildman–Crippen LogP) is 6.41. The van der Waals surface area contributed by atoms with Crippen molar-refractivity contribution < 1.29 is 9.59 Å². The summed E-state index contributed by atoms with van der Waals surface area (Å²) in [6, 6.07) is 16.5. The molecule has 2 amide bonds. The summed E-state index contributed by atoms with van der Waals surface area (Å²) >= 11 is 7.64. The van der Waals surface area contributed by atoms with Crippen molar-refractivity contribution in [1.82, 2.24) is 4.90 Å². The average molecular weight is 484 g/mol. The van der Waals surface area contributed by atoms with Crippen LogP contribution in [0.5, 0.6) is 0 Å². The Kier molecular flexibility index (Phi) is 8.16. The minimum Gasteiger partial charge on any atom is -0.377 e. The topological polar surface area (TPSA) is 52.7 Å². The fraction of sp³-hybridized carbons (Fsp3) is 0.308. The quantitative estimate of drug-likeness (QED) is 0.403. The second kappa shape index (κ2) is 10.9. The highest BCUT2D eigenvalue weighted by Crippen LogP contribution is 2.28. The van der Waals surface area contributed by atoms with Crippen molar-refractivity contribution in [2.45, 2.75) is 33.4 Å². The molecule has 33 heavy (non-hydrogen) atoms. The van der Waals surface area contributed by atoms with Gasteiger partial charge in [-0.1, -0.05) is 43.6 Å². The second-order valence-electron chi connectivity index (χ2n) is 8.57. The minimum absolute atomic E-state index is 0.0152. The fourth-order valence-corrected chi connectivity index (χ4v) is 4.46. The molecule has 3 rings (SSSR count). The monoisotopic (exact) mass is 483 g/mol. The molecule has 0 fully saturated rings. The SMILES string of the molecule is CC(C)C(C)N(Cc1cc(NC(=O)c2ccccc2Cl)ccc1N(C)C)C(=O)c1cccs1. The Labute approximate surface area is 205 Å². The molecule has 1 atom stereocenters. The molecule has 2 aromatic carbocycles. The molecular weight excluding hydrogens is 454 g/mol. The number of carbonyl (C=O) groups excluding carboxylic acids is 2. The zero-order valence-corrected chi connectivity index (χ0v) is 21.2. The second-order valence-corrected chi connectivity index (χ2v) is 9.92. The lowest BCUT2D eigenvalue weighted by Crippen LogP contribution is -2.41. The summed E-state index contributed by atoms with van der Waals surface area (Å²) in [5, 5.41) is 5.26. The molecule has 1 heterocycles. The van der Waals surface area contributed by atoms with Gasteiger partial charge in [0.05, 0.1) is 15.5 Å². The van der Waals surface area contributed by atoms with Crippen molar-refractivity contribution in [1.29, 1.82) is 0 Å². The van der Waals surface area contributed by atoms with Crippen molar-refractivity contribution >= 4 is 46.1 Å². The number of hydrogen-bond donors (Lipinski definition) is 1. The Hall–Kier alpha value is -2.83. The lowest BCUT2D eigenvalue weighted by molar-refractivity contribution is 0.0633. The molecule has 3 aromatic rings. The summed E-state index contributed by atoms with van der Waals surface area (Å²) in [7, 11) is 3.94. The normalized spacial score (nSPS) is 11.8. The van der Waals surface area contributed by atoms with Gasteiger partial charge in [0.25, 0.3) is 11.8 Å². The number of nitrogens with zero attached hydrogens (tertiary/aromatic N) is 2. The molecule has 0 aliphatic carbocycles. The standard InChI is InChI=1S/C26H30ClN3O2S/c1-17(2)18(3)30(26(32)24-11-8-14-33-24)16-19-15-20(12-13-23(19)29(4)5)28-25(31)21-9-6-7-10-22(21)27/h6-15,17-18H,16H2,1-5H3,(H,28,31). The first-order valence-corrected chi connectivity index (χ1v) is 12.2. The van der Waals surface area contributed by atoms with E-state index >= 15 is 0 Å². The first kappa shape index (κ1) is 24.8. The van der Waals surface area contributed by atoms with Gasteiger partial charge in [0.2, 0.25) is 0 Å². The van der Waals surface area contributed by atoms with Gasteiger partial charge in [-0.2, -0.15) is 0 Å². The molecule has 0 aliphatic heterocycles. The van der Waals surface area contributed by atoms with Crippen LogP contribution in [-0.4, -0.2) is 36.9 Å². The lowest BCUT2D eigenvalue weighted by atomic mass is 10.0. The molecule has 1 aromatic heterocycles. The number of amides is 2. The van der Waals surface area contributed by atoms with E-state index in [1.54, 1.807) is 24.3 Å². The van der Waals surface area contributed by atoms with E-state index in [1.165, 1.54) is 11.3 Å². The molecule has 0 radical (unpaired) electrons. The van der Waals surface area contributed by atoms with E-state index in [9.17, 15) is 9.59 Å². The first-order valence-electron chi connectivity index (χ1n) is 10.9. The van der Waals surface area contributed by atoms with Gasteiger partial charge in [0.1, 0.15) is 0 Å². The lowest BCUT2D eigenvalue weighted by Gasteiger charge is -2.33. The van der Waals surface area contributed by atoms with Crippen LogP contribution in [-0.2, 0) is 6.54 Å². The molecule has 0 bridgehead atoms. The molecule has 1 N–H and O–H groups in total. The van der Waals surface area contributed by atoms with Gasteiger partial charge in [-0.15, -0.1) is 11.3 Å². The first-order chi connectivity index (χ1) is 15.7. The van der Waals surface area contributed by atoms with Gasteiger partial charge in [-0.05, 0) is 60.2 Å². The Morgan fingerprint density at radius 1 is 1.03 bits per heavy atom. The van der Waals surface area contributed by atoms with E-state index in [2.05, 4.69) is 26.1 Å². The molecular formula is C26H30ClN3O2S. The van der Waals surface area contributed by atoms with Crippen molar-refractivity contribution in [2.75, 3.05) is 24.3 Å². The summed E-state index contributed by atoms with van der Waals surface area (Å²) in [5.41, 5.74) is 3.02. The van der Waals surface area contributed by atoms with Crippen molar-refractivity contribution in [3.05, 3.63) is 81.0 Å². The van der Waals surface area contributed by atoms with Crippen LogP contribution in [0.3, 0.4) is 0 Å². The number of thiophene rings is 1. The number of nitrogens with one attached hydrogen (secondary N) is 1. The van der Waals surface area contributed by atoms with E-state index < -0.39 is 0 Å². The number of carbonyl (C=O) groups is 2. The largest absolute Gasteiger partial charge is 0.377 e. The number of benzene rings is 2. The predicted molar refractivity (Wildman–Crippen MR) is 139 cm³/mol. The third-order valence-electron chi connectivity index (χ3n) is 5.73. The minimum atomic E-state index is -0.272. The van der Waals surface area contributed by atoms with Crippen LogP contribution < -0.4 is 10.2 Å². The van der Waals surface area contributed by atoms with Crippen molar-refractivity contribution in [2.24, 2.45) is 5.92 Å². The third kappa shape index (κ3) is 5.95. The van der Waals surface area contributed by atoms with E-state index in [4.69, 9.17) is 11.6 Å². The Bertz CT molecular complexity index is 1110. The fourth-order valence-electron chi connectivity index (χ4n) is 3.56. The van der Waals surface area contributed by atoms with E-state index in [0.717, 1.165) is 16.1 Å². The van der Waals surface area contributed by atoms with Gasteiger partial charge in [-0.3, -0.25) is 9.59 Å². The highest BCUT2D eigenvalue weighted by atomic mass is 35.5. The Balaban J connectivity index is 1.94. The van der Waals surface area contributed by atoms with Gasteiger partial charge >= 0.3 is 0 Å². The number of hydrogen-bond acceptors (Lipinski definition) is 4. The van der Waals surface area contributed by atoms with Crippen LogP contribution in [0.4, 0.5) is 11.4 Å². The molecule has 1 unspecified atom stereocenters. The zero-order valence-electron chi connectivity index (χ0n) is 19.6. The zero-order chi connectivity index (χ0) is 24.1. The van der Waals surface area contributed by atoms with Crippen LogP contribution in [0.25, 0.3) is 0 Å². The average Bonchev–Trinajstić information content (AvgIpc) is 3.31. The maximum absolute atomic E-state index is 13.4. The maximum atomic E-state index is 13.4. The molecule has 5 nitrogen and oxygen atoms in total. The summed E-state index contributed by atoms with van der Waals surface area (Å²) in [6.07, 6.45) is 0. The van der Waals surface area contributed by atoms with Crippen LogP contribution in [0.15, 0.2) is 60.0 Å². The number of anilines is 2. The molecule has 174 valence electrons.